The fourth-order valence-electron chi connectivity index (χ4n) is 1.92. The lowest BCUT2D eigenvalue weighted by atomic mass is 10.2. The summed E-state index contributed by atoms with van der Waals surface area (Å²) in [5.41, 5.74) is 1.48. The van der Waals surface area contributed by atoms with Crippen LogP contribution in [0.1, 0.15) is 24.3 Å². The number of halogens is 1. The summed E-state index contributed by atoms with van der Waals surface area (Å²) in [5.74, 6) is 0.411. The molecule has 2 aromatic rings. The van der Waals surface area contributed by atoms with Gasteiger partial charge >= 0.3 is 0 Å². The molecule has 2 rings (SSSR count). The highest BCUT2D eigenvalue weighted by Crippen LogP contribution is 2.25. The van der Waals surface area contributed by atoms with E-state index in [1.807, 2.05) is 36.7 Å². The Morgan fingerprint density at radius 3 is 2.60 bits per heavy atom. The van der Waals surface area contributed by atoms with Gasteiger partial charge < -0.3 is 4.90 Å². The molecular weight excluding hydrogens is 292 g/mol. The standard InChI is InChI=1S/C15H17ClN2OS/c1-10(2)8-18(3)15(19)13-9-20-14(17-13)11-4-6-12(16)7-5-11/h4-7,9-10H,8H2,1-3H3. The summed E-state index contributed by atoms with van der Waals surface area (Å²) in [6.45, 7) is 4.90. The number of aromatic nitrogens is 1. The number of carbonyl (C=O) groups is 1. The first-order valence-corrected chi connectivity index (χ1v) is 7.70. The number of carbonyl (C=O) groups excluding carboxylic acids is 1. The summed E-state index contributed by atoms with van der Waals surface area (Å²) in [7, 11) is 1.81. The van der Waals surface area contributed by atoms with E-state index in [1.54, 1.807) is 4.90 Å². The van der Waals surface area contributed by atoms with Crippen LogP contribution in [-0.2, 0) is 0 Å². The number of hydrogen-bond acceptors (Lipinski definition) is 3. The molecule has 20 heavy (non-hydrogen) atoms. The number of benzene rings is 1. The molecule has 0 unspecified atom stereocenters. The lowest BCUT2D eigenvalue weighted by Gasteiger charge is -2.17. The largest absolute Gasteiger partial charge is 0.340 e. The molecule has 0 aliphatic rings. The number of hydrogen-bond donors (Lipinski definition) is 0. The molecule has 3 nitrogen and oxygen atoms in total. The first kappa shape index (κ1) is 15.0. The van der Waals surface area contributed by atoms with Gasteiger partial charge in [-0.05, 0) is 18.1 Å². The van der Waals surface area contributed by atoms with E-state index in [1.165, 1.54) is 11.3 Å². The smallest absolute Gasteiger partial charge is 0.273 e. The predicted octanol–water partition coefficient (Wildman–Crippen LogP) is 4.19. The van der Waals surface area contributed by atoms with Crippen LogP contribution in [0.15, 0.2) is 29.6 Å². The molecular formula is C15H17ClN2OS. The van der Waals surface area contributed by atoms with Gasteiger partial charge in [0, 0.05) is 29.6 Å². The van der Waals surface area contributed by atoms with Gasteiger partial charge in [0.1, 0.15) is 10.7 Å². The molecule has 0 spiro atoms. The lowest BCUT2D eigenvalue weighted by molar-refractivity contribution is 0.0774. The van der Waals surface area contributed by atoms with Crippen molar-refractivity contribution in [3.8, 4) is 10.6 Å². The maximum atomic E-state index is 12.2. The van der Waals surface area contributed by atoms with Gasteiger partial charge in [-0.15, -0.1) is 11.3 Å². The van der Waals surface area contributed by atoms with Crippen LogP contribution in [0.25, 0.3) is 10.6 Å². The Labute approximate surface area is 128 Å². The van der Waals surface area contributed by atoms with Gasteiger partial charge in [-0.1, -0.05) is 37.6 Å². The van der Waals surface area contributed by atoms with E-state index in [2.05, 4.69) is 18.8 Å². The minimum Gasteiger partial charge on any atom is -0.340 e. The number of nitrogens with zero attached hydrogens (tertiary/aromatic N) is 2. The molecule has 1 aromatic carbocycles. The number of amides is 1. The third kappa shape index (κ3) is 3.58. The van der Waals surface area contributed by atoms with Crippen LogP contribution in [0.4, 0.5) is 0 Å². The van der Waals surface area contributed by atoms with Gasteiger partial charge in [0.15, 0.2) is 0 Å². The normalized spacial score (nSPS) is 10.8. The Balaban J connectivity index is 2.16. The molecule has 0 saturated carbocycles. The molecule has 1 amide bonds. The van der Waals surface area contributed by atoms with Gasteiger partial charge in [0.2, 0.25) is 0 Å². The van der Waals surface area contributed by atoms with Crippen LogP contribution in [-0.4, -0.2) is 29.4 Å². The third-order valence-electron chi connectivity index (χ3n) is 2.80. The maximum absolute atomic E-state index is 12.2. The second-order valence-corrected chi connectivity index (χ2v) is 6.42. The van der Waals surface area contributed by atoms with E-state index >= 15 is 0 Å². The van der Waals surface area contributed by atoms with Crippen molar-refractivity contribution in [1.82, 2.24) is 9.88 Å². The van der Waals surface area contributed by atoms with Gasteiger partial charge in [-0.3, -0.25) is 4.79 Å². The van der Waals surface area contributed by atoms with E-state index in [9.17, 15) is 4.79 Å². The zero-order chi connectivity index (χ0) is 14.7. The highest BCUT2D eigenvalue weighted by atomic mass is 35.5. The van der Waals surface area contributed by atoms with Crippen molar-refractivity contribution in [1.29, 1.82) is 0 Å². The summed E-state index contributed by atoms with van der Waals surface area (Å²) >= 11 is 7.34. The Morgan fingerprint density at radius 1 is 1.35 bits per heavy atom. The number of rotatable bonds is 4. The maximum Gasteiger partial charge on any atom is 0.273 e. The highest BCUT2D eigenvalue weighted by molar-refractivity contribution is 7.13. The van der Waals surface area contributed by atoms with Gasteiger partial charge in [-0.2, -0.15) is 0 Å². The lowest BCUT2D eigenvalue weighted by Crippen LogP contribution is -2.30. The SMILES string of the molecule is CC(C)CN(C)C(=O)c1csc(-c2ccc(Cl)cc2)n1. The molecule has 0 bridgehead atoms. The van der Waals surface area contributed by atoms with Crippen molar-refractivity contribution in [2.75, 3.05) is 13.6 Å². The van der Waals surface area contributed by atoms with E-state index < -0.39 is 0 Å². The molecule has 0 radical (unpaired) electrons. The first-order valence-electron chi connectivity index (χ1n) is 6.44. The summed E-state index contributed by atoms with van der Waals surface area (Å²) in [6, 6.07) is 7.47. The molecule has 0 aliphatic carbocycles. The van der Waals surface area contributed by atoms with Gasteiger partial charge in [0.25, 0.3) is 5.91 Å². The van der Waals surface area contributed by atoms with Crippen LogP contribution >= 0.6 is 22.9 Å². The summed E-state index contributed by atoms with van der Waals surface area (Å²) < 4.78 is 0. The Morgan fingerprint density at radius 2 is 2.00 bits per heavy atom. The highest BCUT2D eigenvalue weighted by Gasteiger charge is 2.16. The minimum atomic E-state index is -0.0323. The van der Waals surface area contributed by atoms with Crippen molar-refractivity contribution in [2.24, 2.45) is 5.92 Å². The first-order chi connectivity index (χ1) is 9.47. The van der Waals surface area contributed by atoms with E-state index in [0.717, 1.165) is 17.1 Å². The second kappa shape index (κ2) is 6.37. The van der Waals surface area contributed by atoms with Gasteiger partial charge in [-0.25, -0.2) is 4.98 Å². The van der Waals surface area contributed by atoms with Crippen LogP contribution in [0.2, 0.25) is 5.02 Å². The Hall–Kier alpha value is -1.39. The van der Waals surface area contributed by atoms with Crippen LogP contribution in [0, 0.1) is 5.92 Å². The van der Waals surface area contributed by atoms with Crippen LogP contribution in [0.3, 0.4) is 0 Å². The second-order valence-electron chi connectivity index (χ2n) is 5.12. The predicted molar refractivity (Wildman–Crippen MR) is 84.4 cm³/mol. The average molecular weight is 309 g/mol. The van der Waals surface area contributed by atoms with Crippen molar-refractivity contribution in [2.45, 2.75) is 13.8 Å². The van der Waals surface area contributed by atoms with E-state index in [4.69, 9.17) is 11.6 Å². The van der Waals surface area contributed by atoms with E-state index in [0.29, 0.717) is 16.6 Å². The average Bonchev–Trinajstić information content (AvgIpc) is 2.87. The molecule has 1 aromatic heterocycles. The van der Waals surface area contributed by atoms with Crippen molar-refractivity contribution in [3.63, 3.8) is 0 Å². The van der Waals surface area contributed by atoms with Crippen LogP contribution in [0.5, 0.6) is 0 Å². The van der Waals surface area contributed by atoms with Crippen molar-refractivity contribution in [3.05, 3.63) is 40.4 Å². The topological polar surface area (TPSA) is 33.2 Å². The molecule has 0 aliphatic heterocycles. The summed E-state index contributed by atoms with van der Waals surface area (Å²) in [5, 5.41) is 3.34. The zero-order valence-corrected chi connectivity index (χ0v) is 13.3. The fourth-order valence-corrected chi connectivity index (χ4v) is 2.85. The van der Waals surface area contributed by atoms with E-state index in [-0.39, 0.29) is 5.91 Å². The molecule has 0 N–H and O–H groups in total. The Bertz CT molecular complexity index is 592. The third-order valence-corrected chi connectivity index (χ3v) is 3.94. The summed E-state index contributed by atoms with van der Waals surface area (Å²) in [4.78, 5) is 18.4. The van der Waals surface area contributed by atoms with Crippen molar-refractivity contribution >= 4 is 28.8 Å². The molecule has 5 heteroatoms. The molecule has 0 atom stereocenters. The summed E-state index contributed by atoms with van der Waals surface area (Å²) in [6.07, 6.45) is 0. The Kier molecular flexibility index (Phi) is 4.78. The number of thiazole rings is 1. The minimum absolute atomic E-state index is 0.0323. The van der Waals surface area contributed by atoms with Gasteiger partial charge in [0.05, 0.1) is 0 Å². The molecule has 1 heterocycles. The molecule has 0 saturated heterocycles. The quantitative estimate of drug-likeness (QED) is 0.848. The fraction of sp³-hybridized carbons (Fsp3) is 0.333. The van der Waals surface area contributed by atoms with Crippen molar-refractivity contribution < 1.29 is 4.79 Å². The monoisotopic (exact) mass is 308 g/mol. The van der Waals surface area contributed by atoms with Crippen LogP contribution < -0.4 is 0 Å². The molecule has 106 valence electrons. The molecule has 0 fully saturated rings. The zero-order valence-electron chi connectivity index (χ0n) is 11.8.